The van der Waals surface area contributed by atoms with Crippen molar-refractivity contribution >= 4 is 24.5 Å². The fourth-order valence-electron chi connectivity index (χ4n) is 3.34. The average molecular weight is 419 g/mol. The Morgan fingerprint density at radius 1 is 1.23 bits per heavy atom. The molecule has 1 amide bonds. The number of amides is 1. The van der Waals surface area contributed by atoms with Gasteiger partial charge in [-0.15, -0.1) is 0 Å². The minimum atomic E-state index is 0.197. The van der Waals surface area contributed by atoms with E-state index in [2.05, 4.69) is 19.9 Å². The maximum absolute atomic E-state index is 11.9. The lowest BCUT2D eigenvalue weighted by molar-refractivity contribution is -0.135. The fraction of sp³-hybridized carbons (Fsp3) is 0.571. The lowest BCUT2D eigenvalue weighted by atomic mass is 9.88. The van der Waals surface area contributed by atoms with Gasteiger partial charge in [0.25, 0.3) is 0 Å². The first-order valence-corrected chi connectivity index (χ1v) is 10.3. The summed E-state index contributed by atoms with van der Waals surface area (Å²) in [5.74, 6) is 1.55. The van der Waals surface area contributed by atoms with Gasteiger partial charge in [0.1, 0.15) is 11.4 Å². The molecule has 2 aliphatic rings. The largest absolute Gasteiger partial charge is 0.494 e. The van der Waals surface area contributed by atoms with E-state index in [9.17, 15) is 9.59 Å². The Morgan fingerprint density at radius 2 is 1.90 bits per heavy atom. The second-order valence-electron chi connectivity index (χ2n) is 6.94. The van der Waals surface area contributed by atoms with Crippen LogP contribution in [0.25, 0.3) is 0 Å². The molecule has 0 bridgehead atoms. The number of aldehydes is 1. The third-order valence-electron chi connectivity index (χ3n) is 4.94. The van der Waals surface area contributed by atoms with E-state index in [0.717, 1.165) is 32.3 Å². The summed E-state index contributed by atoms with van der Waals surface area (Å²) >= 11 is 0. The van der Waals surface area contributed by atoms with Crippen LogP contribution in [-0.2, 0) is 4.79 Å². The van der Waals surface area contributed by atoms with Crippen molar-refractivity contribution < 1.29 is 14.3 Å². The van der Waals surface area contributed by atoms with Crippen molar-refractivity contribution in [2.24, 2.45) is 27.4 Å². The quantitative estimate of drug-likeness (QED) is 0.438. The molecule has 1 aliphatic heterocycles. The molecule has 2 heterocycles. The molecule has 9 nitrogen and oxygen atoms in total. The Kier molecular flexibility index (Phi) is 12.5. The van der Waals surface area contributed by atoms with E-state index in [1.54, 1.807) is 25.4 Å². The number of pyridine rings is 1. The fourth-order valence-corrected chi connectivity index (χ4v) is 3.34. The van der Waals surface area contributed by atoms with Crippen LogP contribution in [0, 0.1) is 5.92 Å². The molecule has 1 aromatic heterocycles. The Hall–Kier alpha value is -2.97. The van der Waals surface area contributed by atoms with Gasteiger partial charge in [-0.3, -0.25) is 14.6 Å². The number of hydrogen-bond acceptors (Lipinski definition) is 5. The third-order valence-corrected chi connectivity index (χ3v) is 4.94. The smallest absolute Gasteiger partial charge is 0.225 e. The summed E-state index contributed by atoms with van der Waals surface area (Å²) in [4.78, 5) is 34.9. The second-order valence-corrected chi connectivity index (χ2v) is 6.94. The van der Waals surface area contributed by atoms with Gasteiger partial charge in [-0.1, -0.05) is 19.3 Å². The molecule has 0 aromatic carbocycles. The van der Waals surface area contributed by atoms with Crippen LogP contribution in [-0.4, -0.2) is 61.6 Å². The van der Waals surface area contributed by atoms with Crippen molar-refractivity contribution in [1.29, 1.82) is 0 Å². The number of carbonyl (C=O) groups is 2. The highest BCUT2D eigenvalue weighted by Gasteiger charge is 2.27. The minimum Gasteiger partial charge on any atom is -0.494 e. The average Bonchev–Trinajstić information content (AvgIpc) is 3.35. The van der Waals surface area contributed by atoms with Gasteiger partial charge in [0.05, 0.1) is 13.4 Å². The lowest BCUT2D eigenvalue weighted by Crippen LogP contribution is -2.34. The molecule has 0 atom stereocenters. The number of rotatable bonds is 3. The minimum absolute atomic E-state index is 0.197. The highest BCUT2D eigenvalue weighted by atomic mass is 16.5. The molecule has 166 valence electrons. The summed E-state index contributed by atoms with van der Waals surface area (Å²) < 4.78 is 4.84. The second kappa shape index (κ2) is 14.9. The molecule has 9 heteroatoms. The first kappa shape index (κ1) is 25.1. The summed E-state index contributed by atoms with van der Waals surface area (Å²) in [5, 5.41) is 0. The van der Waals surface area contributed by atoms with Crippen molar-refractivity contribution in [3.63, 3.8) is 0 Å². The molecule has 0 unspecified atom stereocenters. The van der Waals surface area contributed by atoms with E-state index in [1.165, 1.54) is 39.2 Å². The molecular weight excluding hydrogens is 384 g/mol. The number of ether oxygens (including phenoxy) is 1. The topological polar surface area (TPSA) is 136 Å². The van der Waals surface area contributed by atoms with Crippen LogP contribution in [0.2, 0.25) is 0 Å². The molecule has 0 radical (unpaired) electrons. The summed E-state index contributed by atoms with van der Waals surface area (Å²) in [6.45, 7) is 2.05. The van der Waals surface area contributed by atoms with Crippen molar-refractivity contribution in [2.75, 3.05) is 27.2 Å². The number of guanidine groups is 1. The Bertz CT molecular complexity index is 696. The van der Waals surface area contributed by atoms with Crippen molar-refractivity contribution in [3.05, 3.63) is 24.0 Å². The molecule has 2 fully saturated rings. The SMILES string of the molecule is CN=C(N)/N=C\N.COc1cccnc1C=O.O=C(C1CCCCC1)N1CCCC1. The number of hydrogen-bond donors (Lipinski definition) is 2. The van der Waals surface area contributed by atoms with Crippen LogP contribution in [0.15, 0.2) is 28.3 Å². The zero-order chi connectivity index (χ0) is 22.2. The van der Waals surface area contributed by atoms with Gasteiger partial charge < -0.3 is 21.1 Å². The highest BCUT2D eigenvalue weighted by molar-refractivity contribution is 5.85. The van der Waals surface area contributed by atoms with E-state index < -0.39 is 0 Å². The molecule has 1 saturated heterocycles. The van der Waals surface area contributed by atoms with Gasteiger partial charge in [0.2, 0.25) is 11.9 Å². The van der Waals surface area contributed by atoms with E-state index in [1.807, 2.05) is 0 Å². The normalized spacial score (nSPS) is 16.9. The highest BCUT2D eigenvalue weighted by Crippen LogP contribution is 2.26. The van der Waals surface area contributed by atoms with Crippen LogP contribution >= 0.6 is 0 Å². The number of aliphatic imine (C=N–C) groups is 2. The van der Waals surface area contributed by atoms with Gasteiger partial charge in [-0.05, 0) is 37.8 Å². The Labute approximate surface area is 178 Å². The van der Waals surface area contributed by atoms with E-state index in [-0.39, 0.29) is 5.96 Å². The van der Waals surface area contributed by atoms with Crippen LogP contribution < -0.4 is 16.2 Å². The first-order valence-electron chi connectivity index (χ1n) is 10.3. The van der Waals surface area contributed by atoms with E-state index >= 15 is 0 Å². The number of likely N-dealkylation sites (tertiary alicyclic amines) is 1. The van der Waals surface area contributed by atoms with Crippen LogP contribution in [0.5, 0.6) is 5.75 Å². The zero-order valence-corrected chi connectivity index (χ0v) is 18.0. The molecule has 30 heavy (non-hydrogen) atoms. The van der Waals surface area contributed by atoms with Gasteiger partial charge in [0, 0.05) is 32.3 Å². The Morgan fingerprint density at radius 3 is 2.37 bits per heavy atom. The van der Waals surface area contributed by atoms with Crippen LogP contribution in [0.1, 0.15) is 55.4 Å². The first-order chi connectivity index (χ1) is 14.6. The molecule has 4 N–H and O–H groups in total. The zero-order valence-electron chi connectivity index (χ0n) is 18.0. The van der Waals surface area contributed by atoms with Gasteiger partial charge >= 0.3 is 0 Å². The van der Waals surface area contributed by atoms with Crippen molar-refractivity contribution in [1.82, 2.24) is 9.88 Å². The molecule has 1 aromatic rings. The maximum Gasteiger partial charge on any atom is 0.225 e. The number of carbonyl (C=O) groups excluding carboxylic acids is 2. The summed E-state index contributed by atoms with van der Waals surface area (Å²) in [6.07, 6.45) is 11.9. The summed E-state index contributed by atoms with van der Waals surface area (Å²) in [7, 11) is 3.05. The van der Waals surface area contributed by atoms with E-state index in [0.29, 0.717) is 29.6 Å². The maximum atomic E-state index is 11.9. The Balaban J connectivity index is 0.000000238. The molecule has 3 rings (SSSR count). The predicted octanol–water partition coefficient (Wildman–Crippen LogP) is 2.01. The van der Waals surface area contributed by atoms with Crippen molar-refractivity contribution in [3.8, 4) is 5.75 Å². The summed E-state index contributed by atoms with van der Waals surface area (Å²) in [6, 6.07) is 3.41. The standard InChI is InChI=1S/C11H19NO.C7H7NO2.C3H8N4/c13-11(12-8-4-5-9-12)10-6-2-1-3-7-10;1-10-7-3-2-4-8-6(7)5-9;1-6-3(5)7-2-4/h10H,1-9H2;2-5H,1H3;2H,1H3,(H4,4,5,6,7). The summed E-state index contributed by atoms with van der Waals surface area (Å²) in [5.41, 5.74) is 10.2. The number of aromatic nitrogens is 1. The molecule has 1 saturated carbocycles. The number of nitrogens with two attached hydrogens (primary N) is 2. The van der Waals surface area contributed by atoms with Gasteiger partial charge in [-0.2, -0.15) is 0 Å². The molecular formula is C21H34N6O3. The molecule has 0 spiro atoms. The van der Waals surface area contributed by atoms with Crippen LogP contribution in [0.3, 0.4) is 0 Å². The number of methoxy groups -OCH3 is 1. The lowest BCUT2D eigenvalue weighted by Gasteiger charge is -2.25. The third kappa shape index (κ3) is 9.02. The van der Waals surface area contributed by atoms with E-state index in [4.69, 9.17) is 16.2 Å². The molecule has 1 aliphatic carbocycles. The van der Waals surface area contributed by atoms with Crippen molar-refractivity contribution in [2.45, 2.75) is 44.9 Å². The monoisotopic (exact) mass is 418 g/mol. The van der Waals surface area contributed by atoms with Gasteiger partial charge in [0.15, 0.2) is 6.29 Å². The number of nitrogens with zero attached hydrogens (tertiary/aromatic N) is 4. The predicted molar refractivity (Wildman–Crippen MR) is 119 cm³/mol. The van der Waals surface area contributed by atoms with Crippen LogP contribution in [0.4, 0.5) is 0 Å². The van der Waals surface area contributed by atoms with Gasteiger partial charge in [-0.25, -0.2) is 9.98 Å².